The number of amides is 1. The van der Waals surface area contributed by atoms with Gasteiger partial charge in [0.25, 0.3) is 0 Å². The molecule has 1 unspecified atom stereocenters. The van der Waals surface area contributed by atoms with Crippen LogP contribution in [-0.2, 0) is 9.47 Å². The summed E-state index contributed by atoms with van der Waals surface area (Å²) in [7, 11) is 1.28. The van der Waals surface area contributed by atoms with E-state index in [4.69, 9.17) is 4.74 Å². The number of esters is 1. The van der Waals surface area contributed by atoms with Crippen molar-refractivity contribution in [1.82, 2.24) is 4.90 Å². The topological polar surface area (TPSA) is 96.3 Å². The highest BCUT2D eigenvalue weighted by Gasteiger charge is 2.25. The highest BCUT2D eigenvalue weighted by molar-refractivity contribution is 5.89. The van der Waals surface area contributed by atoms with E-state index in [1.54, 1.807) is 39.8 Å². The van der Waals surface area contributed by atoms with Crippen LogP contribution >= 0.6 is 0 Å². The number of aliphatic hydroxyl groups excluding tert-OH is 2. The monoisotopic (exact) mass is 353 g/mol. The number of benzene rings is 1. The molecule has 0 aromatic heterocycles. The Bertz CT molecular complexity index is 608. The maximum absolute atomic E-state index is 12.2. The number of methoxy groups -OCH3 is 1. The third-order valence-electron chi connectivity index (χ3n) is 3.47. The Morgan fingerprint density at radius 1 is 1.28 bits per heavy atom. The van der Waals surface area contributed by atoms with Crippen molar-refractivity contribution in [1.29, 1.82) is 0 Å². The van der Waals surface area contributed by atoms with E-state index in [1.807, 2.05) is 0 Å². The van der Waals surface area contributed by atoms with E-state index in [9.17, 15) is 19.8 Å². The third kappa shape index (κ3) is 6.36. The van der Waals surface area contributed by atoms with Gasteiger partial charge in [0.05, 0.1) is 31.9 Å². The molecular formula is C18H27NO6. The lowest BCUT2D eigenvalue weighted by molar-refractivity contribution is 0.0108. The summed E-state index contributed by atoms with van der Waals surface area (Å²) in [6.45, 7) is 6.71. The Kier molecular flexibility index (Phi) is 7.38. The molecule has 1 rings (SSSR count). The predicted molar refractivity (Wildman–Crippen MR) is 92.4 cm³/mol. The number of rotatable bonds is 6. The summed E-state index contributed by atoms with van der Waals surface area (Å²) in [4.78, 5) is 25.1. The summed E-state index contributed by atoms with van der Waals surface area (Å²) in [6.07, 6.45) is -1.66. The molecule has 1 amide bonds. The van der Waals surface area contributed by atoms with Crippen LogP contribution in [0.25, 0.3) is 0 Å². The molecule has 0 heterocycles. The molecule has 1 atom stereocenters. The first-order chi connectivity index (χ1) is 11.6. The SMILES string of the molecule is COC(=O)c1ccc(C)c(C(O)CN(CCO)C(=O)OC(C)(C)C)c1. The van der Waals surface area contributed by atoms with Gasteiger partial charge in [-0.2, -0.15) is 0 Å². The zero-order chi connectivity index (χ0) is 19.2. The first kappa shape index (κ1) is 20.9. The van der Waals surface area contributed by atoms with Crippen molar-refractivity contribution in [2.45, 2.75) is 39.4 Å². The summed E-state index contributed by atoms with van der Waals surface area (Å²) in [5, 5.41) is 19.7. The normalized spacial score (nSPS) is 12.4. The van der Waals surface area contributed by atoms with E-state index in [0.29, 0.717) is 11.1 Å². The van der Waals surface area contributed by atoms with Crippen molar-refractivity contribution >= 4 is 12.1 Å². The van der Waals surface area contributed by atoms with Gasteiger partial charge in [-0.15, -0.1) is 0 Å². The van der Waals surface area contributed by atoms with E-state index in [2.05, 4.69) is 4.74 Å². The van der Waals surface area contributed by atoms with Crippen molar-refractivity contribution in [3.05, 3.63) is 34.9 Å². The minimum absolute atomic E-state index is 0.0295. The molecule has 7 nitrogen and oxygen atoms in total. The van der Waals surface area contributed by atoms with Gasteiger partial charge in [-0.05, 0) is 51.0 Å². The van der Waals surface area contributed by atoms with Gasteiger partial charge in [-0.1, -0.05) is 6.07 Å². The molecule has 0 saturated heterocycles. The Hall–Kier alpha value is -2.12. The molecule has 2 N–H and O–H groups in total. The predicted octanol–water partition coefficient (Wildman–Crippen LogP) is 2.04. The molecule has 25 heavy (non-hydrogen) atoms. The standard InChI is InChI=1S/C18H27NO6/c1-12-6-7-13(16(22)24-5)10-14(12)15(21)11-19(8-9-20)17(23)25-18(2,3)4/h6-7,10,15,20-21H,8-9,11H2,1-5H3. The van der Waals surface area contributed by atoms with E-state index >= 15 is 0 Å². The fourth-order valence-electron chi connectivity index (χ4n) is 2.26. The van der Waals surface area contributed by atoms with Crippen LogP contribution in [0.3, 0.4) is 0 Å². The molecule has 1 aromatic rings. The molecule has 0 fully saturated rings. The van der Waals surface area contributed by atoms with E-state index in [-0.39, 0.29) is 19.7 Å². The maximum atomic E-state index is 12.2. The average molecular weight is 353 g/mol. The Morgan fingerprint density at radius 3 is 2.44 bits per heavy atom. The quantitative estimate of drug-likeness (QED) is 0.760. The number of ether oxygens (including phenoxy) is 2. The van der Waals surface area contributed by atoms with Gasteiger partial charge in [0.15, 0.2) is 0 Å². The zero-order valence-corrected chi connectivity index (χ0v) is 15.4. The Morgan fingerprint density at radius 2 is 1.92 bits per heavy atom. The van der Waals surface area contributed by atoms with Gasteiger partial charge in [-0.3, -0.25) is 0 Å². The highest BCUT2D eigenvalue weighted by atomic mass is 16.6. The van der Waals surface area contributed by atoms with Crippen molar-refractivity contribution in [2.75, 3.05) is 26.8 Å². The molecule has 0 aliphatic carbocycles. The highest BCUT2D eigenvalue weighted by Crippen LogP contribution is 2.22. The molecule has 0 bridgehead atoms. The summed E-state index contributed by atoms with van der Waals surface area (Å²) in [5.41, 5.74) is 0.909. The lowest BCUT2D eigenvalue weighted by atomic mass is 10.00. The molecule has 140 valence electrons. The number of aryl methyl sites for hydroxylation is 1. The number of carbonyl (C=O) groups excluding carboxylic acids is 2. The van der Waals surface area contributed by atoms with Crippen LogP contribution in [0.2, 0.25) is 0 Å². The van der Waals surface area contributed by atoms with Crippen molar-refractivity contribution in [3.63, 3.8) is 0 Å². The third-order valence-corrected chi connectivity index (χ3v) is 3.47. The molecule has 0 saturated carbocycles. The Labute approximate surface area is 148 Å². The largest absolute Gasteiger partial charge is 0.465 e. The van der Waals surface area contributed by atoms with Crippen LogP contribution in [0.15, 0.2) is 18.2 Å². The van der Waals surface area contributed by atoms with Crippen LogP contribution in [0.5, 0.6) is 0 Å². The van der Waals surface area contributed by atoms with Crippen LogP contribution in [0.1, 0.15) is 48.4 Å². The first-order valence-corrected chi connectivity index (χ1v) is 8.04. The average Bonchev–Trinajstić information content (AvgIpc) is 2.52. The Balaban J connectivity index is 2.98. The van der Waals surface area contributed by atoms with E-state index < -0.39 is 23.8 Å². The fraction of sp³-hybridized carbons (Fsp3) is 0.556. The second kappa shape index (κ2) is 8.82. The van der Waals surface area contributed by atoms with Gasteiger partial charge in [0, 0.05) is 6.54 Å². The number of nitrogens with zero attached hydrogens (tertiary/aromatic N) is 1. The smallest absolute Gasteiger partial charge is 0.410 e. The van der Waals surface area contributed by atoms with Crippen molar-refractivity contribution in [3.8, 4) is 0 Å². The van der Waals surface area contributed by atoms with Crippen LogP contribution in [-0.4, -0.2) is 59.6 Å². The summed E-state index contributed by atoms with van der Waals surface area (Å²) in [5.74, 6) is -0.507. The maximum Gasteiger partial charge on any atom is 0.410 e. The van der Waals surface area contributed by atoms with Crippen LogP contribution in [0.4, 0.5) is 4.79 Å². The minimum atomic E-state index is -1.04. The van der Waals surface area contributed by atoms with Crippen molar-refractivity contribution < 1.29 is 29.3 Å². The van der Waals surface area contributed by atoms with E-state index in [1.165, 1.54) is 18.1 Å². The van der Waals surface area contributed by atoms with Gasteiger partial charge in [0.2, 0.25) is 0 Å². The van der Waals surface area contributed by atoms with Crippen LogP contribution < -0.4 is 0 Å². The van der Waals surface area contributed by atoms with Gasteiger partial charge >= 0.3 is 12.1 Å². The number of aliphatic hydroxyl groups is 2. The lowest BCUT2D eigenvalue weighted by Gasteiger charge is -2.29. The molecule has 0 spiro atoms. The van der Waals surface area contributed by atoms with Crippen LogP contribution in [0, 0.1) is 6.92 Å². The zero-order valence-electron chi connectivity index (χ0n) is 15.4. The molecule has 7 heteroatoms. The minimum Gasteiger partial charge on any atom is -0.465 e. The fourth-order valence-corrected chi connectivity index (χ4v) is 2.26. The summed E-state index contributed by atoms with van der Waals surface area (Å²) >= 11 is 0. The molecule has 0 aliphatic rings. The molecular weight excluding hydrogens is 326 g/mol. The second-order valence-electron chi connectivity index (χ2n) is 6.73. The molecule has 0 radical (unpaired) electrons. The number of hydrogen-bond acceptors (Lipinski definition) is 6. The summed E-state index contributed by atoms with van der Waals surface area (Å²) in [6, 6.07) is 4.85. The molecule has 1 aromatic carbocycles. The van der Waals surface area contributed by atoms with Gasteiger partial charge < -0.3 is 24.6 Å². The van der Waals surface area contributed by atoms with Crippen molar-refractivity contribution in [2.24, 2.45) is 0 Å². The van der Waals surface area contributed by atoms with Gasteiger partial charge in [0.1, 0.15) is 5.60 Å². The first-order valence-electron chi connectivity index (χ1n) is 8.04. The number of carbonyl (C=O) groups is 2. The van der Waals surface area contributed by atoms with Gasteiger partial charge in [-0.25, -0.2) is 9.59 Å². The van der Waals surface area contributed by atoms with E-state index in [0.717, 1.165) is 5.56 Å². The lowest BCUT2D eigenvalue weighted by Crippen LogP contribution is -2.40. The number of hydrogen-bond donors (Lipinski definition) is 2. The second-order valence-corrected chi connectivity index (χ2v) is 6.73. The summed E-state index contributed by atoms with van der Waals surface area (Å²) < 4.78 is 9.97. The molecule has 0 aliphatic heterocycles.